The molecule has 0 aliphatic heterocycles. The Kier molecular flexibility index (Phi) is 5.59. The van der Waals surface area contributed by atoms with Gasteiger partial charge in [-0.3, -0.25) is 4.57 Å². The summed E-state index contributed by atoms with van der Waals surface area (Å²) in [6.07, 6.45) is 4.08. The van der Waals surface area contributed by atoms with Crippen molar-refractivity contribution in [2.75, 3.05) is 0 Å². The van der Waals surface area contributed by atoms with Gasteiger partial charge in [0.15, 0.2) is 9.50 Å². The number of benzene rings is 2. The maximum atomic E-state index is 4.74. The van der Waals surface area contributed by atoms with Crippen molar-refractivity contribution < 1.29 is 0 Å². The standard InChI is InChI=1S/C24H18N6S3/c1-2-8-18(9-3-1)30-22(16-32-24-26-19-10-4-5-11-20(19)33-24)27-28-23(30)31-15-17-14-29-13-7-6-12-21(29)25-17/h1-14H,15-16H2. The van der Waals surface area contributed by atoms with Crippen molar-refractivity contribution in [1.29, 1.82) is 0 Å². The summed E-state index contributed by atoms with van der Waals surface area (Å²) in [6.45, 7) is 0. The Morgan fingerprint density at radius 3 is 2.52 bits per heavy atom. The maximum absolute atomic E-state index is 4.74. The van der Waals surface area contributed by atoms with Crippen molar-refractivity contribution in [2.45, 2.75) is 21.0 Å². The monoisotopic (exact) mass is 486 g/mol. The van der Waals surface area contributed by atoms with E-state index < -0.39 is 0 Å². The molecule has 0 saturated heterocycles. The van der Waals surface area contributed by atoms with Gasteiger partial charge in [0.05, 0.1) is 21.7 Å². The van der Waals surface area contributed by atoms with E-state index in [1.165, 1.54) is 4.70 Å². The number of pyridine rings is 1. The minimum Gasteiger partial charge on any atom is -0.307 e. The Hall–Kier alpha value is -3.14. The SMILES string of the molecule is c1ccc(-n2c(CSc3nc4ccccc4s3)nnc2SCc2cn3ccccc3n2)cc1. The van der Waals surface area contributed by atoms with Crippen LogP contribution in [0.2, 0.25) is 0 Å². The second-order valence-electron chi connectivity index (χ2n) is 7.29. The number of thiazole rings is 1. The predicted octanol–water partition coefficient (Wildman–Crippen LogP) is 6.11. The summed E-state index contributed by atoms with van der Waals surface area (Å²) in [5.74, 6) is 2.32. The molecule has 0 unspecified atom stereocenters. The lowest BCUT2D eigenvalue weighted by Crippen LogP contribution is -2.01. The molecule has 6 rings (SSSR count). The second kappa shape index (κ2) is 9.01. The highest BCUT2D eigenvalue weighted by molar-refractivity contribution is 8.00. The molecular formula is C24H18N6S3. The molecule has 0 amide bonds. The summed E-state index contributed by atoms with van der Waals surface area (Å²) in [5, 5.41) is 9.93. The highest BCUT2D eigenvalue weighted by Crippen LogP contribution is 2.33. The third-order valence-electron chi connectivity index (χ3n) is 5.08. The van der Waals surface area contributed by atoms with Crippen molar-refractivity contribution in [2.24, 2.45) is 0 Å². The third-order valence-corrected chi connectivity index (χ3v) is 8.21. The van der Waals surface area contributed by atoms with Gasteiger partial charge in [-0.1, -0.05) is 59.9 Å². The van der Waals surface area contributed by atoms with Crippen LogP contribution in [0.15, 0.2) is 94.7 Å². The lowest BCUT2D eigenvalue weighted by atomic mass is 10.3. The number of fused-ring (bicyclic) bond motifs is 2. The van der Waals surface area contributed by atoms with Gasteiger partial charge in [-0.05, 0) is 36.4 Å². The van der Waals surface area contributed by atoms with Gasteiger partial charge >= 0.3 is 0 Å². The van der Waals surface area contributed by atoms with E-state index in [1.54, 1.807) is 34.9 Å². The number of imidazole rings is 1. The van der Waals surface area contributed by atoms with Gasteiger partial charge in [0.1, 0.15) is 11.5 Å². The Morgan fingerprint density at radius 1 is 0.788 bits per heavy atom. The number of thioether (sulfide) groups is 2. The molecule has 0 aliphatic rings. The molecule has 6 aromatic rings. The van der Waals surface area contributed by atoms with Crippen LogP contribution in [0.5, 0.6) is 0 Å². The molecule has 162 valence electrons. The molecule has 9 heteroatoms. The minimum atomic E-state index is 0.691. The number of para-hydroxylation sites is 2. The third kappa shape index (κ3) is 4.27. The lowest BCUT2D eigenvalue weighted by molar-refractivity contribution is 0.864. The predicted molar refractivity (Wildman–Crippen MR) is 135 cm³/mol. The van der Waals surface area contributed by atoms with E-state index in [2.05, 4.69) is 45.2 Å². The van der Waals surface area contributed by atoms with Gasteiger partial charge < -0.3 is 4.40 Å². The average Bonchev–Trinajstić information content (AvgIpc) is 3.57. The van der Waals surface area contributed by atoms with Gasteiger partial charge in [0, 0.05) is 23.8 Å². The van der Waals surface area contributed by atoms with E-state index in [1.807, 2.05) is 59.1 Å². The van der Waals surface area contributed by atoms with Gasteiger partial charge in [-0.2, -0.15) is 0 Å². The van der Waals surface area contributed by atoms with E-state index in [9.17, 15) is 0 Å². The molecule has 33 heavy (non-hydrogen) atoms. The maximum Gasteiger partial charge on any atom is 0.196 e. The molecule has 0 N–H and O–H groups in total. The summed E-state index contributed by atoms with van der Waals surface area (Å²) in [6, 6.07) is 24.5. The first-order valence-electron chi connectivity index (χ1n) is 10.4. The Morgan fingerprint density at radius 2 is 1.64 bits per heavy atom. The number of hydrogen-bond acceptors (Lipinski definition) is 7. The zero-order valence-electron chi connectivity index (χ0n) is 17.4. The smallest absolute Gasteiger partial charge is 0.196 e. The van der Waals surface area contributed by atoms with Crippen LogP contribution in [0.1, 0.15) is 11.5 Å². The first-order valence-corrected chi connectivity index (χ1v) is 13.2. The zero-order valence-corrected chi connectivity index (χ0v) is 19.9. The Balaban J connectivity index is 1.26. The Labute approximate surface area is 202 Å². The van der Waals surface area contributed by atoms with Crippen LogP contribution >= 0.6 is 34.9 Å². The van der Waals surface area contributed by atoms with E-state index in [0.29, 0.717) is 5.75 Å². The highest BCUT2D eigenvalue weighted by Gasteiger charge is 2.16. The fourth-order valence-corrected chi connectivity index (χ4v) is 6.39. The van der Waals surface area contributed by atoms with Crippen LogP contribution in [0.25, 0.3) is 21.6 Å². The van der Waals surface area contributed by atoms with E-state index >= 15 is 0 Å². The summed E-state index contributed by atoms with van der Waals surface area (Å²) in [7, 11) is 0. The van der Waals surface area contributed by atoms with Gasteiger partial charge in [-0.15, -0.1) is 21.5 Å². The molecule has 0 fully saturated rings. The number of nitrogens with zero attached hydrogens (tertiary/aromatic N) is 6. The molecule has 0 radical (unpaired) electrons. The molecule has 0 aliphatic carbocycles. The van der Waals surface area contributed by atoms with Crippen molar-refractivity contribution in [3.63, 3.8) is 0 Å². The largest absolute Gasteiger partial charge is 0.307 e. The minimum absolute atomic E-state index is 0.691. The van der Waals surface area contributed by atoms with Crippen LogP contribution in [-0.2, 0) is 11.5 Å². The van der Waals surface area contributed by atoms with E-state index in [-0.39, 0.29) is 0 Å². The molecule has 0 atom stereocenters. The second-order valence-corrected chi connectivity index (χ2v) is 10.5. The quantitative estimate of drug-likeness (QED) is 0.254. The lowest BCUT2D eigenvalue weighted by Gasteiger charge is -2.09. The number of aromatic nitrogens is 6. The van der Waals surface area contributed by atoms with Crippen LogP contribution in [0.3, 0.4) is 0 Å². The van der Waals surface area contributed by atoms with Gasteiger partial charge in [0.25, 0.3) is 0 Å². The molecule has 4 heterocycles. The Bertz CT molecular complexity index is 1370. The van der Waals surface area contributed by atoms with Crippen LogP contribution in [0.4, 0.5) is 0 Å². The topological polar surface area (TPSA) is 60.9 Å². The van der Waals surface area contributed by atoms with Crippen molar-refractivity contribution in [3.05, 3.63) is 96.7 Å². The number of rotatable bonds is 7. The fraction of sp³-hybridized carbons (Fsp3) is 0.0833. The van der Waals surface area contributed by atoms with Crippen LogP contribution in [-0.4, -0.2) is 29.1 Å². The normalized spacial score (nSPS) is 11.5. The fourth-order valence-electron chi connectivity index (χ4n) is 3.56. The molecular weight excluding hydrogens is 469 g/mol. The summed E-state index contributed by atoms with van der Waals surface area (Å²) >= 11 is 5.06. The van der Waals surface area contributed by atoms with Crippen LogP contribution in [0, 0.1) is 0 Å². The molecule has 6 nitrogen and oxygen atoms in total. The van der Waals surface area contributed by atoms with E-state index in [4.69, 9.17) is 9.97 Å². The van der Waals surface area contributed by atoms with Gasteiger partial charge in [0.2, 0.25) is 0 Å². The first-order chi connectivity index (χ1) is 16.3. The summed E-state index contributed by atoms with van der Waals surface area (Å²) < 4.78 is 6.42. The van der Waals surface area contributed by atoms with Crippen molar-refractivity contribution >= 4 is 50.7 Å². The molecule has 4 aromatic heterocycles. The number of hydrogen-bond donors (Lipinski definition) is 0. The highest BCUT2D eigenvalue weighted by atomic mass is 32.2. The molecule has 0 saturated carbocycles. The summed E-state index contributed by atoms with van der Waals surface area (Å²) in [5.41, 5.74) is 4.06. The molecule has 2 aromatic carbocycles. The molecule has 0 spiro atoms. The van der Waals surface area contributed by atoms with Gasteiger partial charge in [-0.25, -0.2) is 9.97 Å². The van der Waals surface area contributed by atoms with Crippen molar-refractivity contribution in [3.8, 4) is 5.69 Å². The van der Waals surface area contributed by atoms with Crippen molar-refractivity contribution in [1.82, 2.24) is 29.1 Å². The van der Waals surface area contributed by atoms with Crippen LogP contribution < -0.4 is 0 Å². The molecule has 0 bridgehead atoms. The first kappa shape index (κ1) is 20.5. The zero-order chi connectivity index (χ0) is 22.0. The average molecular weight is 487 g/mol. The summed E-state index contributed by atoms with van der Waals surface area (Å²) in [4.78, 5) is 9.45. The van der Waals surface area contributed by atoms with E-state index in [0.717, 1.165) is 43.6 Å².